The number of hydrogen-bond donors (Lipinski definition) is 3. The molecule has 0 aromatic rings. The van der Waals surface area contributed by atoms with Crippen molar-refractivity contribution in [1.29, 1.82) is 5.41 Å². The zero-order chi connectivity index (χ0) is 8.41. The number of isocyanates is 1. The van der Waals surface area contributed by atoms with Gasteiger partial charge < -0.3 is 10.4 Å². The van der Waals surface area contributed by atoms with Gasteiger partial charge in [0.25, 0.3) is 0 Å². The lowest BCUT2D eigenvalue weighted by atomic mass is 10.6. The first-order valence-electron chi connectivity index (χ1n) is 2.65. The molecular weight excluding hydrogens is 136 g/mol. The number of aliphatic carboxylic acids is 1. The SMILES string of the molecule is CCNCC(=O)O.N=C=O. The molecule has 0 atom stereocenters. The highest BCUT2D eigenvalue weighted by atomic mass is 16.4. The van der Waals surface area contributed by atoms with Crippen LogP contribution in [0.2, 0.25) is 0 Å². The normalized spacial score (nSPS) is 6.90. The molecule has 0 spiro atoms. The van der Waals surface area contributed by atoms with Crippen LogP contribution in [0.1, 0.15) is 6.92 Å². The van der Waals surface area contributed by atoms with Crippen molar-refractivity contribution in [3.8, 4) is 0 Å². The molecule has 58 valence electrons. The topological polar surface area (TPSA) is 90.2 Å². The second-order valence-electron chi connectivity index (χ2n) is 1.28. The molecule has 0 saturated carbocycles. The molecule has 0 aliphatic carbocycles. The minimum atomic E-state index is -0.804. The lowest BCUT2D eigenvalue weighted by Crippen LogP contribution is -2.21. The highest BCUT2D eigenvalue weighted by molar-refractivity contribution is 5.68. The van der Waals surface area contributed by atoms with Gasteiger partial charge in [0.2, 0.25) is 6.08 Å². The molecule has 0 aromatic carbocycles. The number of carbonyl (C=O) groups is 1. The maximum Gasteiger partial charge on any atom is 0.317 e. The summed E-state index contributed by atoms with van der Waals surface area (Å²) in [5, 5.41) is 16.0. The van der Waals surface area contributed by atoms with Gasteiger partial charge in [-0.2, -0.15) is 0 Å². The summed E-state index contributed by atoms with van der Waals surface area (Å²) in [4.78, 5) is 18.0. The second-order valence-corrected chi connectivity index (χ2v) is 1.28. The van der Waals surface area contributed by atoms with Gasteiger partial charge in [-0.05, 0) is 6.54 Å². The van der Waals surface area contributed by atoms with Crippen LogP contribution in [-0.2, 0) is 9.59 Å². The molecule has 0 radical (unpaired) electrons. The van der Waals surface area contributed by atoms with Crippen molar-refractivity contribution < 1.29 is 14.7 Å². The van der Waals surface area contributed by atoms with E-state index in [1.807, 2.05) is 6.92 Å². The van der Waals surface area contributed by atoms with Crippen LogP contribution in [0.4, 0.5) is 0 Å². The van der Waals surface area contributed by atoms with Crippen molar-refractivity contribution in [2.45, 2.75) is 6.92 Å². The molecule has 5 nitrogen and oxygen atoms in total. The molecule has 3 N–H and O–H groups in total. The molecule has 0 aliphatic heterocycles. The van der Waals surface area contributed by atoms with Crippen molar-refractivity contribution in [2.75, 3.05) is 13.1 Å². The molecule has 0 heterocycles. The van der Waals surface area contributed by atoms with Crippen molar-refractivity contribution in [3.05, 3.63) is 0 Å². The van der Waals surface area contributed by atoms with Crippen molar-refractivity contribution >= 4 is 12.0 Å². The van der Waals surface area contributed by atoms with E-state index in [-0.39, 0.29) is 6.54 Å². The number of carboxylic acid groups (broad SMARTS) is 1. The first-order chi connectivity index (χ1) is 4.68. The number of carboxylic acids is 1. The van der Waals surface area contributed by atoms with Gasteiger partial charge in [0.05, 0.1) is 6.54 Å². The lowest BCUT2D eigenvalue weighted by molar-refractivity contribution is -0.135. The standard InChI is InChI=1S/C4H9NO2.CHNO/c1-2-5-3-4(6)7;2-1-3/h5H,2-3H2,1H3,(H,6,7);2H. The third kappa shape index (κ3) is 29.1. The number of hydrogen-bond acceptors (Lipinski definition) is 4. The van der Waals surface area contributed by atoms with E-state index in [1.54, 1.807) is 0 Å². The maximum absolute atomic E-state index is 9.70. The van der Waals surface area contributed by atoms with Crippen molar-refractivity contribution in [1.82, 2.24) is 5.32 Å². The predicted octanol–water partition coefficient (Wildman–Crippen LogP) is -0.419. The van der Waals surface area contributed by atoms with Crippen LogP contribution in [0.3, 0.4) is 0 Å². The second kappa shape index (κ2) is 10.7. The minimum absolute atomic E-state index is 0.0660. The van der Waals surface area contributed by atoms with E-state index in [0.717, 1.165) is 6.08 Å². The van der Waals surface area contributed by atoms with Crippen molar-refractivity contribution in [3.63, 3.8) is 0 Å². The monoisotopic (exact) mass is 146 g/mol. The fourth-order valence-electron chi connectivity index (χ4n) is 0.232. The van der Waals surface area contributed by atoms with Crippen LogP contribution in [-0.4, -0.2) is 30.2 Å². The van der Waals surface area contributed by atoms with Crippen LogP contribution < -0.4 is 5.32 Å². The van der Waals surface area contributed by atoms with Crippen LogP contribution in [0.25, 0.3) is 0 Å². The maximum atomic E-state index is 9.70. The molecule has 5 heteroatoms. The number of rotatable bonds is 3. The van der Waals surface area contributed by atoms with E-state index in [1.165, 1.54) is 0 Å². The Bertz CT molecular complexity index is 118. The molecule has 0 rings (SSSR count). The van der Waals surface area contributed by atoms with Crippen molar-refractivity contribution in [2.24, 2.45) is 0 Å². The van der Waals surface area contributed by atoms with Gasteiger partial charge >= 0.3 is 5.97 Å². The Balaban J connectivity index is 0. The van der Waals surface area contributed by atoms with Gasteiger partial charge in [0.15, 0.2) is 0 Å². The average Bonchev–Trinajstić information content (AvgIpc) is 1.85. The Morgan fingerprint density at radius 1 is 1.80 bits per heavy atom. The molecule has 0 aliphatic rings. The van der Waals surface area contributed by atoms with Gasteiger partial charge in [-0.3, -0.25) is 4.79 Å². The quantitative estimate of drug-likeness (QED) is 0.372. The summed E-state index contributed by atoms with van der Waals surface area (Å²) in [5.41, 5.74) is 0. The van der Waals surface area contributed by atoms with Gasteiger partial charge in [0.1, 0.15) is 0 Å². The fourth-order valence-corrected chi connectivity index (χ4v) is 0.232. The van der Waals surface area contributed by atoms with E-state index in [4.69, 9.17) is 15.3 Å². The van der Waals surface area contributed by atoms with Crippen LogP contribution in [0.5, 0.6) is 0 Å². The summed E-state index contributed by atoms with van der Waals surface area (Å²) in [6.45, 7) is 2.64. The zero-order valence-corrected chi connectivity index (χ0v) is 5.68. The third-order valence-electron chi connectivity index (χ3n) is 0.526. The molecule has 0 saturated heterocycles. The summed E-state index contributed by atoms with van der Waals surface area (Å²) in [7, 11) is 0. The summed E-state index contributed by atoms with van der Waals surface area (Å²) in [5.74, 6) is -0.804. The highest BCUT2D eigenvalue weighted by Crippen LogP contribution is 1.56. The first-order valence-corrected chi connectivity index (χ1v) is 2.65. The van der Waals surface area contributed by atoms with Gasteiger partial charge in [-0.15, -0.1) is 0 Å². The van der Waals surface area contributed by atoms with Crippen LogP contribution >= 0.6 is 0 Å². The predicted molar refractivity (Wildman–Crippen MR) is 34.6 cm³/mol. The number of nitrogens with one attached hydrogen (secondary N) is 2. The minimum Gasteiger partial charge on any atom is -0.480 e. The summed E-state index contributed by atoms with van der Waals surface area (Å²) < 4.78 is 0. The van der Waals surface area contributed by atoms with Crippen LogP contribution in [0, 0.1) is 5.41 Å². The zero-order valence-electron chi connectivity index (χ0n) is 5.68. The number of likely N-dealkylation sites (N-methyl/N-ethyl adjacent to an activating group) is 1. The van der Waals surface area contributed by atoms with Gasteiger partial charge in [0, 0.05) is 0 Å². The Hall–Kier alpha value is -1.19. The lowest BCUT2D eigenvalue weighted by Gasteiger charge is -1.90. The molecular formula is C5H10N2O3. The third-order valence-corrected chi connectivity index (χ3v) is 0.526. The van der Waals surface area contributed by atoms with E-state index < -0.39 is 5.97 Å². The highest BCUT2D eigenvalue weighted by Gasteiger charge is 1.88. The summed E-state index contributed by atoms with van der Waals surface area (Å²) in [6.07, 6.45) is 0.750. The van der Waals surface area contributed by atoms with Gasteiger partial charge in [-0.1, -0.05) is 6.92 Å². The smallest absolute Gasteiger partial charge is 0.317 e. The van der Waals surface area contributed by atoms with Gasteiger partial charge in [-0.25, -0.2) is 10.2 Å². The Kier molecular flexibility index (Phi) is 12.4. The van der Waals surface area contributed by atoms with E-state index in [2.05, 4.69) is 5.32 Å². The Morgan fingerprint density at radius 3 is 2.30 bits per heavy atom. The van der Waals surface area contributed by atoms with Crippen LogP contribution in [0.15, 0.2) is 0 Å². The molecule has 0 bridgehead atoms. The fraction of sp³-hybridized carbons (Fsp3) is 0.600. The molecule has 0 aromatic heterocycles. The van der Waals surface area contributed by atoms with E-state index in [9.17, 15) is 4.79 Å². The Labute approximate surface area is 58.6 Å². The first kappa shape index (κ1) is 11.6. The summed E-state index contributed by atoms with van der Waals surface area (Å²) in [6, 6.07) is 0. The largest absolute Gasteiger partial charge is 0.480 e. The number of carbonyl (C=O) groups excluding carboxylic acids is 1. The molecule has 0 unspecified atom stereocenters. The van der Waals surface area contributed by atoms with E-state index >= 15 is 0 Å². The molecule has 0 fully saturated rings. The Morgan fingerprint density at radius 2 is 2.20 bits per heavy atom. The molecule has 10 heavy (non-hydrogen) atoms. The molecule has 0 amide bonds. The average molecular weight is 146 g/mol. The summed E-state index contributed by atoms with van der Waals surface area (Å²) >= 11 is 0. The van der Waals surface area contributed by atoms with E-state index in [0.29, 0.717) is 6.54 Å².